The van der Waals surface area contributed by atoms with Gasteiger partial charge in [0.2, 0.25) is 0 Å². The van der Waals surface area contributed by atoms with Gasteiger partial charge in [-0.05, 0) is 57.9 Å². The Morgan fingerprint density at radius 1 is 1.17 bits per heavy atom. The van der Waals surface area contributed by atoms with E-state index in [1.165, 1.54) is 5.56 Å². The second-order valence-corrected chi connectivity index (χ2v) is 5.74. The van der Waals surface area contributed by atoms with Crippen molar-refractivity contribution in [1.29, 1.82) is 0 Å². The molecule has 2 aromatic rings. The molecule has 0 bridgehead atoms. The fourth-order valence-electron chi connectivity index (χ4n) is 1.99. The molecule has 0 spiro atoms. The Morgan fingerprint density at radius 2 is 1.89 bits per heavy atom. The lowest BCUT2D eigenvalue weighted by atomic mass is 10.1. The average molecular weight is 247 g/mol. The lowest BCUT2D eigenvalue weighted by molar-refractivity contribution is 0.422. The van der Waals surface area contributed by atoms with Crippen LogP contribution in [0.3, 0.4) is 0 Å². The minimum atomic E-state index is -0.142. The number of nitrogens with one attached hydrogen (secondary N) is 3. The molecule has 1 aromatic carbocycles. The summed E-state index contributed by atoms with van der Waals surface area (Å²) in [5.41, 5.74) is 3.05. The van der Waals surface area contributed by atoms with Gasteiger partial charge in [-0.15, -0.1) is 0 Å². The van der Waals surface area contributed by atoms with Crippen LogP contribution in [0.1, 0.15) is 32.8 Å². The molecule has 0 amide bonds. The normalized spacial score (nSPS) is 12.2. The van der Waals surface area contributed by atoms with Crippen molar-refractivity contribution in [2.24, 2.45) is 0 Å². The maximum absolute atomic E-state index is 11.1. The first-order chi connectivity index (χ1) is 8.44. The monoisotopic (exact) mass is 247 g/mol. The van der Waals surface area contributed by atoms with Crippen LogP contribution < -0.4 is 11.0 Å². The Balaban J connectivity index is 1.93. The molecule has 0 unspecified atom stereocenters. The van der Waals surface area contributed by atoms with Crippen LogP contribution in [0, 0.1) is 0 Å². The summed E-state index contributed by atoms with van der Waals surface area (Å²) in [6, 6.07) is 6.08. The highest BCUT2D eigenvalue weighted by Crippen LogP contribution is 2.11. The van der Waals surface area contributed by atoms with Crippen molar-refractivity contribution in [2.45, 2.75) is 39.2 Å². The van der Waals surface area contributed by atoms with E-state index in [4.69, 9.17) is 0 Å². The fraction of sp³-hybridized carbons (Fsp3) is 0.500. The number of aromatic amines is 2. The minimum absolute atomic E-state index is 0.142. The van der Waals surface area contributed by atoms with Crippen LogP contribution in [0.5, 0.6) is 0 Å². The first kappa shape index (κ1) is 12.9. The topological polar surface area (TPSA) is 60.7 Å². The molecule has 0 aliphatic carbocycles. The van der Waals surface area contributed by atoms with Gasteiger partial charge in [0, 0.05) is 5.54 Å². The van der Waals surface area contributed by atoms with Gasteiger partial charge in [0.15, 0.2) is 0 Å². The third kappa shape index (κ3) is 3.47. The maximum Gasteiger partial charge on any atom is 0.323 e. The molecule has 0 radical (unpaired) electrons. The van der Waals surface area contributed by atoms with E-state index in [9.17, 15) is 4.79 Å². The van der Waals surface area contributed by atoms with Crippen LogP contribution in [0.4, 0.5) is 0 Å². The van der Waals surface area contributed by atoms with E-state index in [0.29, 0.717) is 0 Å². The third-order valence-corrected chi connectivity index (χ3v) is 2.88. The van der Waals surface area contributed by atoms with Gasteiger partial charge < -0.3 is 15.3 Å². The molecular weight excluding hydrogens is 226 g/mol. The summed E-state index contributed by atoms with van der Waals surface area (Å²) < 4.78 is 0. The van der Waals surface area contributed by atoms with Crippen LogP contribution in [-0.4, -0.2) is 22.1 Å². The van der Waals surface area contributed by atoms with E-state index in [0.717, 1.165) is 30.4 Å². The number of hydrogen-bond acceptors (Lipinski definition) is 2. The van der Waals surface area contributed by atoms with Crippen molar-refractivity contribution < 1.29 is 0 Å². The standard InChI is InChI=1S/C14H21N3O/c1-14(2,3)15-8-4-5-10-6-7-11-12(9-10)17-13(18)16-11/h6-7,9,15H,4-5,8H2,1-3H3,(H2,16,17,18). The van der Waals surface area contributed by atoms with Crippen molar-refractivity contribution in [2.75, 3.05) is 6.54 Å². The second-order valence-electron chi connectivity index (χ2n) is 5.74. The predicted molar refractivity (Wildman–Crippen MR) is 75.0 cm³/mol. The molecule has 1 aromatic heterocycles. The molecule has 0 saturated heterocycles. The zero-order valence-corrected chi connectivity index (χ0v) is 11.3. The average Bonchev–Trinajstić information content (AvgIpc) is 2.62. The van der Waals surface area contributed by atoms with Crippen LogP contribution in [0.25, 0.3) is 11.0 Å². The van der Waals surface area contributed by atoms with E-state index in [-0.39, 0.29) is 11.2 Å². The quantitative estimate of drug-likeness (QED) is 0.725. The second kappa shape index (κ2) is 4.98. The van der Waals surface area contributed by atoms with Gasteiger partial charge in [0.05, 0.1) is 11.0 Å². The van der Waals surface area contributed by atoms with Crippen molar-refractivity contribution >= 4 is 11.0 Å². The molecule has 3 N–H and O–H groups in total. The number of aromatic nitrogens is 2. The Hall–Kier alpha value is -1.55. The summed E-state index contributed by atoms with van der Waals surface area (Å²) in [5, 5.41) is 3.47. The van der Waals surface area contributed by atoms with Crippen molar-refractivity contribution in [1.82, 2.24) is 15.3 Å². The van der Waals surface area contributed by atoms with Gasteiger partial charge in [0.1, 0.15) is 0 Å². The van der Waals surface area contributed by atoms with Crippen LogP contribution in [-0.2, 0) is 6.42 Å². The van der Waals surface area contributed by atoms with Crippen molar-refractivity contribution in [3.63, 3.8) is 0 Å². The number of hydrogen-bond donors (Lipinski definition) is 3. The zero-order valence-electron chi connectivity index (χ0n) is 11.3. The van der Waals surface area contributed by atoms with E-state index < -0.39 is 0 Å². The smallest absolute Gasteiger partial charge is 0.312 e. The van der Waals surface area contributed by atoms with E-state index in [1.807, 2.05) is 12.1 Å². The SMILES string of the molecule is CC(C)(C)NCCCc1ccc2[nH]c(=O)[nH]c2c1. The molecule has 98 valence electrons. The van der Waals surface area contributed by atoms with E-state index in [1.54, 1.807) is 0 Å². The molecule has 0 saturated carbocycles. The molecule has 0 atom stereocenters. The van der Waals surface area contributed by atoms with E-state index in [2.05, 4.69) is 42.1 Å². The number of imidazole rings is 1. The number of fused-ring (bicyclic) bond motifs is 1. The van der Waals surface area contributed by atoms with Crippen LogP contribution >= 0.6 is 0 Å². The molecule has 1 heterocycles. The Kier molecular flexibility index (Phi) is 3.57. The highest BCUT2D eigenvalue weighted by molar-refractivity contribution is 5.74. The Bertz CT molecular complexity index is 574. The van der Waals surface area contributed by atoms with Crippen LogP contribution in [0.15, 0.2) is 23.0 Å². The predicted octanol–water partition coefficient (Wildman–Crippen LogP) is 2.18. The molecule has 18 heavy (non-hydrogen) atoms. The molecule has 4 heteroatoms. The fourth-order valence-corrected chi connectivity index (χ4v) is 1.99. The number of rotatable bonds is 4. The van der Waals surface area contributed by atoms with Gasteiger partial charge in [-0.2, -0.15) is 0 Å². The Morgan fingerprint density at radius 3 is 2.61 bits per heavy atom. The maximum atomic E-state index is 11.1. The molecule has 0 fully saturated rings. The summed E-state index contributed by atoms with van der Waals surface area (Å²) in [6.07, 6.45) is 2.11. The summed E-state index contributed by atoms with van der Waals surface area (Å²) in [6.45, 7) is 7.52. The van der Waals surface area contributed by atoms with Gasteiger partial charge in [0.25, 0.3) is 0 Å². The van der Waals surface area contributed by atoms with Crippen molar-refractivity contribution in [3.8, 4) is 0 Å². The number of benzene rings is 1. The summed E-state index contributed by atoms with van der Waals surface area (Å²) in [4.78, 5) is 16.7. The first-order valence-corrected chi connectivity index (χ1v) is 6.40. The van der Waals surface area contributed by atoms with Gasteiger partial charge in [-0.3, -0.25) is 0 Å². The first-order valence-electron chi connectivity index (χ1n) is 6.40. The Labute approximate surface area is 107 Å². The highest BCUT2D eigenvalue weighted by Gasteiger charge is 2.07. The zero-order chi connectivity index (χ0) is 13.2. The number of H-pyrrole nitrogens is 2. The van der Waals surface area contributed by atoms with Crippen molar-refractivity contribution in [3.05, 3.63) is 34.2 Å². The summed E-state index contributed by atoms with van der Waals surface area (Å²) in [5.74, 6) is 0. The summed E-state index contributed by atoms with van der Waals surface area (Å²) >= 11 is 0. The largest absolute Gasteiger partial charge is 0.323 e. The highest BCUT2D eigenvalue weighted by atomic mass is 16.1. The van der Waals surface area contributed by atoms with E-state index >= 15 is 0 Å². The molecule has 0 aliphatic rings. The number of aryl methyl sites for hydroxylation is 1. The lowest BCUT2D eigenvalue weighted by Crippen LogP contribution is -2.36. The molecule has 2 rings (SSSR count). The van der Waals surface area contributed by atoms with Gasteiger partial charge >= 0.3 is 5.69 Å². The minimum Gasteiger partial charge on any atom is -0.312 e. The summed E-state index contributed by atoms with van der Waals surface area (Å²) in [7, 11) is 0. The molecular formula is C14H21N3O. The lowest BCUT2D eigenvalue weighted by Gasteiger charge is -2.20. The third-order valence-electron chi connectivity index (χ3n) is 2.88. The van der Waals surface area contributed by atoms with Crippen LogP contribution in [0.2, 0.25) is 0 Å². The van der Waals surface area contributed by atoms with Gasteiger partial charge in [-0.25, -0.2) is 4.79 Å². The van der Waals surface area contributed by atoms with Gasteiger partial charge in [-0.1, -0.05) is 6.07 Å². The molecule has 0 aliphatic heterocycles. The molecule has 4 nitrogen and oxygen atoms in total.